The Morgan fingerprint density at radius 1 is 1.50 bits per heavy atom. The normalized spacial score (nSPS) is 8.92. The van der Waals surface area contributed by atoms with Crippen LogP contribution in [0.2, 0.25) is 0 Å². The molecule has 1 amide bonds. The third-order valence-corrected chi connectivity index (χ3v) is 1.22. The number of nitrogens with zero attached hydrogens (tertiary/aromatic N) is 1. The second-order valence-corrected chi connectivity index (χ2v) is 2.40. The Morgan fingerprint density at radius 2 is 2.00 bits per heavy atom. The highest BCUT2D eigenvalue weighted by molar-refractivity contribution is 5.88. The van der Waals surface area contributed by atoms with Crippen molar-refractivity contribution in [3.05, 3.63) is 12.2 Å². The van der Waals surface area contributed by atoms with Crippen LogP contribution >= 0.6 is 0 Å². The van der Waals surface area contributed by atoms with E-state index in [1.807, 2.05) is 0 Å². The highest BCUT2D eigenvalue weighted by Gasteiger charge is 2.11. The van der Waals surface area contributed by atoms with Crippen LogP contribution in [0.3, 0.4) is 0 Å². The van der Waals surface area contributed by atoms with Crippen LogP contribution in [0.25, 0.3) is 0 Å². The molecule has 0 aromatic heterocycles. The van der Waals surface area contributed by atoms with Gasteiger partial charge in [0, 0.05) is 19.0 Å². The molecule has 0 bridgehead atoms. The fourth-order valence-corrected chi connectivity index (χ4v) is 0.476. The van der Waals surface area contributed by atoms with Crippen molar-refractivity contribution in [2.45, 2.75) is 20.3 Å². The Hall–Kier alpha value is -1.32. The number of carbonyl (C=O) groups is 2. The van der Waals surface area contributed by atoms with Crippen molar-refractivity contribution in [2.75, 3.05) is 7.05 Å². The molecule has 0 aliphatic carbocycles. The Bertz CT molecular complexity index is 210. The maximum Gasteiger partial charge on any atom is 0.358 e. The van der Waals surface area contributed by atoms with E-state index in [1.54, 1.807) is 6.92 Å². The van der Waals surface area contributed by atoms with Gasteiger partial charge in [-0.2, -0.15) is 5.06 Å². The molecule has 0 aliphatic rings. The molecule has 0 atom stereocenters. The van der Waals surface area contributed by atoms with Crippen molar-refractivity contribution in [3.63, 3.8) is 0 Å². The van der Waals surface area contributed by atoms with Crippen molar-refractivity contribution in [3.8, 4) is 0 Å². The molecule has 0 spiro atoms. The van der Waals surface area contributed by atoms with Crippen molar-refractivity contribution in [1.82, 2.24) is 5.06 Å². The van der Waals surface area contributed by atoms with Gasteiger partial charge in [-0.3, -0.25) is 4.79 Å². The average molecular weight is 171 g/mol. The van der Waals surface area contributed by atoms with Gasteiger partial charge in [-0.25, -0.2) is 4.79 Å². The van der Waals surface area contributed by atoms with E-state index < -0.39 is 5.97 Å². The fraction of sp³-hybridized carbons (Fsp3) is 0.500. The maximum atomic E-state index is 10.9. The number of hydrogen-bond acceptors (Lipinski definition) is 3. The third kappa shape index (κ3) is 3.18. The number of hydrogen-bond donors (Lipinski definition) is 0. The third-order valence-electron chi connectivity index (χ3n) is 1.22. The summed E-state index contributed by atoms with van der Waals surface area (Å²) in [6, 6.07) is 0. The van der Waals surface area contributed by atoms with Gasteiger partial charge in [-0.1, -0.05) is 13.5 Å². The van der Waals surface area contributed by atoms with Gasteiger partial charge >= 0.3 is 5.97 Å². The van der Waals surface area contributed by atoms with Gasteiger partial charge in [0.2, 0.25) is 0 Å². The monoisotopic (exact) mass is 171 g/mol. The fourth-order valence-electron chi connectivity index (χ4n) is 0.476. The lowest BCUT2D eigenvalue weighted by Crippen LogP contribution is -2.29. The van der Waals surface area contributed by atoms with E-state index in [4.69, 9.17) is 0 Å². The van der Waals surface area contributed by atoms with Crippen molar-refractivity contribution in [2.24, 2.45) is 0 Å². The topological polar surface area (TPSA) is 46.6 Å². The Labute approximate surface area is 71.8 Å². The molecule has 0 heterocycles. The standard InChI is InChI=1S/C8H13NO3/c1-5-7(10)9(4)12-8(11)6(2)3/h2,5H2,1,3-4H3. The van der Waals surface area contributed by atoms with Gasteiger partial charge in [-0.05, 0) is 6.92 Å². The van der Waals surface area contributed by atoms with Crippen LogP contribution in [0.5, 0.6) is 0 Å². The smallest absolute Gasteiger partial charge is 0.333 e. The zero-order chi connectivity index (χ0) is 9.72. The molecule has 0 saturated heterocycles. The van der Waals surface area contributed by atoms with E-state index in [1.165, 1.54) is 14.0 Å². The zero-order valence-corrected chi connectivity index (χ0v) is 7.59. The molecule has 4 nitrogen and oxygen atoms in total. The van der Waals surface area contributed by atoms with Gasteiger partial charge in [0.05, 0.1) is 0 Å². The van der Waals surface area contributed by atoms with E-state index >= 15 is 0 Å². The molecule has 0 aromatic carbocycles. The Kier molecular flexibility index (Phi) is 4.04. The minimum atomic E-state index is -0.584. The van der Waals surface area contributed by atoms with Crippen LogP contribution < -0.4 is 0 Å². The molecule has 68 valence electrons. The minimum Gasteiger partial charge on any atom is -0.333 e. The summed E-state index contributed by atoms with van der Waals surface area (Å²) >= 11 is 0. The van der Waals surface area contributed by atoms with Crippen LogP contribution in [0, 0.1) is 0 Å². The van der Waals surface area contributed by atoms with E-state index in [0.717, 1.165) is 5.06 Å². The van der Waals surface area contributed by atoms with Gasteiger partial charge < -0.3 is 4.84 Å². The van der Waals surface area contributed by atoms with Crippen LogP contribution in [-0.2, 0) is 14.4 Å². The number of carbonyl (C=O) groups excluding carboxylic acids is 2. The van der Waals surface area contributed by atoms with Crippen LogP contribution in [0.15, 0.2) is 12.2 Å². The molecule has 12 heavy (non-hydrogen) atoms. The second-order valence-electron chi connectivity index (χ2n) is 2.40. The highest BCUT2D eigenvalue weighted by atomic mass is 16.7. The molecule has 0 fully saturated rings. The molecule has 0 radical (unpaired) electrons. The summed E-state index contributed by atoms with van der Waals surface area (Å²) < 4.78 is 0. The number of rotatable bonds is 2. The summed E-state index contributed by atoms with van der Waals surface area (Å²) in [5.74, 6) is -0.830. The maximum absolute atomic E-state index is 10.9. The summed E-state index contributed by atoms with van der Waals surface area (Å²) in [7, 11) is 1.40. The Morgan fingerprint density at radius 3 is 2.33 bits per heavy atom. The van der Waals surface area contributed by atoms with Gasteiger partial charge in [-0.15, -0.1) is 0 Å². The molecule has 0 aliphatic heterocycles. The highest BCUT2D eigenvalue weighted by Crippen LogP contribution is 1.97. The van der Waals surface area contributed by atoms with Crippen molar-refractivity contribution >= 4 is 11.9 Å². The first-order valence-corrected chi connectivity index (χ1v) is 3.63. The van der Waals surface area contributed by atoms with Crippen LogP contribution in [0.4, 0.5) is 0 Å². The summed E-state index contributed by atoms with van der Waals surface area (Å²) in [4.78, 5) is 26.4. The zero-order valence-electron chi connectivity index (χ0n) is 7.59. The van der Waals surface area contributed by atoms with Crippen LogP contribution in [-0.4, -0.2) is 24.0 Å². The lowest BCUT2D eigenvalue weighted by molar-refractivity contribution is -0.188. The molecule has 4 heteroatoms. The minimum absolute atomic E-state index is 0.246. The predicted molar refractivity (Wildman–Crippen MR) is 44.0 cm³/mol. The lowest BCUT2D eigenvalue weighted by atomic mass is 10.4. The quantitative estimate of drug-likeness (QED) is 0.458. The summed E-state index contributed by atoms with van der Waals surface area (Å²) in [5.41, 5.74) is 0.269. The van der Waals surface area contributed by atoms with Gasteiger partial charge in [0.1, 0.15) is 0 Å². The van der Waals surface area contributed by atoms with Crippen molar-refractivity contribution < 1.29 is 14.4 Å². The molecule has 0 N–H and O–H groups in total. The van der Waals surface area contributed by atoms with Gasteiger partial charge in [0.15, 0.2) is 0 Å². The lowest BCUT2D eigenvalue weighted by Gasteiger charge is -2.14. The molecular formula is C8H13NO3. The first kappa shape index (κ1) is 10.7. The van der Waals surface area contributed by atoms with E-state index in [2.05, 4.69) is 11.4 Å². The molecule has 0 unspecified atom stereocenters. The number of amides is 1. The first-order chi connectivity index (χ1) is 5.49. The van der Waals surface area contributed by atoms with E-state index in [9.17, 15) is 9.59 Å². The van der Waals surface area contributed by atoms with E-state index in [-0.39, 0.29) is 11.5 Å². The van der Waals surface area contributed by atoms with Crippen LogP contribution in [0.1, 0.15) is 20.3 Å². The average Bonchev–Trinajstić information content (AvgIpc) is 2.02. The summed E-state index contributed by atoms with van der Waals surface area (Å²) in [6.07, 6.45) is 0.306. The molecule has 0 saturated carbocycles. The molecule has 0 rings (SSSR count). The molecular weight excluding hydrogens is 158 g/mol. The van der Waals surface area contributed by atoms with E-state index in [0.29, 0.717) is 6.42 Å². The SMILES string of the molecule is C=C(C)C(=O)ON(C)C(=O)CC. The molecule has 0 aromatic rings. The first-order valence-electron chi connectivity index (χ1n) is 3.63. The largest absolute Gasteiger partial charge is 0.358 e. The number of hydroxylamine groups is 2. The van der Waals surface area contributed by atoms with Gasteiger partial charge in [0.25, 0.3) is 5.91 Å². The summed E-state index contributed by atoms with van der Waals surface area (Å²) in [5, 5.41) is 0.914. The predicted octanol–water partition coefficient (Wildman–Crippen LogP) is 0.889. The summed E-state index contributed by atoms with van der Waals surface area (Å²) in [6.45, 7) is 6.59. The Balaban J connectivity index is 4.01. The van der Waals surface area contributed by atoms with Crippen molar-refractivity contribution in [1.29, 1.82) is 0 Å². The second kappa shape index (κ2) is 4.54.